The number of nitrogens with one attached hydrogen (secondary N) is 2. The average molecular weight is 362 g/mol. The molecule has 1 atom stereocenters. The highest BCUT2D eigenvalue weighted by Gasteiger charge is 2.15. The van der Waals surface area contributed by atoms with E-state index in [0.29, 0.717) is 27.8 Å². The van der Waals surface area contributed by atoms with Crippen molar-refractivity contribution >= 4 is 29.0 Å². The summed E-state index contributed by atoms with van der Waals surface area (Å²) in [5.41, 5.74) is 0.963. The molecule has 1 aromatic carbocycles. The Morgan fingerprint density at radius 1 is 1.40 bits per heavy atom. The molecule has 1 unspecified atom stereocenters. The van der Waals surface area contributed by atoms with Gasteiger partial charge in [0, 0.05) is 24.4 Å². The maximum absolute atomic E-state index is 12.4. The second-order valence-electron chi connectivity index (χ2n) is 5.75. The van der Waals surface area contributed by atoms with Gasteiger partial charge in [-0.25, -0.2) is 4.98 Å². The van der Waals surface area contributed by atoms with Crippen LogP contribution in [-0.2, 0) is 4.74 Å². The zero-order valence-corrected chi connectivity index (χ0v) is 14.7. The van der Waals surface area contributed by atoms with Gasteiger partial charge in [0.2, 0.25) is 0 Å². The number of benzene rings is 1. The molecule has 1 aromatic heterocycles. The first-order chi connectivity index (χ1) is 12.2. The molecule has 7 heteroatoms. The van der Waals surface area contributed by atoms with E-state index in [-0.39, 0.29) is 12.0 Å². The maximum Gasteiger partial charge on any atom is 0.257 e. The molecule has 1 aliphatic heterocycles. The summed E-state index contributed by atoms with van der Waals surface area (Å²) in [4.78, 5) is 16.7. The number of nitrogens with zero attached hydrogens (tertiary/aromatic N) is 1. The lowest BCUT2D eigenvalue weighted by Gasteiger charge is -2.12. The summed E-state index contributed by atoms with van der Waals surface area (Å²) >= 11 is 5.97. The Balaban J connectivity index is 1.61. The summed E-state index contributed by atoms with van der Waals surface area (Å²) in [7, 11) is 1.54. The third-order valence-electron chi connectivity index (χ3n) is 3.97. The molecule has 1 amide bonds. The van der Waals surface area contributed by atoms with Crippen LogP contribution < -0.4 is 15.4 Å². The van der Waals surface area contributed by atoms with Crippen molar-refractivity contribution in [2.24, 2.45) is 0 Å². The minimum absolute atomic E-state index is 0.236. The summed E-state index contributed by atoms with van der Waals surface area (Å²) < 4.78 is 10.8. The quantitative estimate of drug-likeness (QED) is 0.822. The highest BCUT2D eigenvalue weighted by Crippen LogP contribution is 2.28. The number of carbonyl (C=O) groups is 1. The maximum atomic E-state index is 12.4. The molecule has 0 saturated carbocycles. The van der Waals surface area contributed by atoms with E-state index in [1.807, 2.05) is 0 Å². The SMILES string of the molecule is COc1ccc(Cl)cc1NC(=O)c1ccc(NCC2CCCO2)nc1. The van der Waals surface area contributed by atoms with Crippen LogP contribution in [0.5, 0.6) is 5.75 Å². The highest BCUT2D eigenvalue weighted by atomic mass is 35.5. The molecule has 3 rings (SSSR count). The van der Waals surface area contributed by atoms with E-state index >= 15 is 0 Å². The van der Waals surface area contributed by atoms with E-state index in [4.69, 9.17) is 21.1 Å². The zero-order chi connectivity index (χ0) is 17.6. The number of hydrogen-bond donors (Lipinski definition) is 2. The fourth-order valence-corrected chi connectivity index (χ4v) is 2.80. The number of rotatable bonds is 6. The molecule has 2 aromatic rings. The molecule has 1 fully saturated rings. The van der Waals surface area contributed by atoms with Gasteiger partial charge in [-0.1, -0.05) is 11.6 Å². The number of ether oxygens (including phenoxy) is 2. The number of anilines is 2. The van der Waals surface area contributed by atoms with E-state index in [1.54, 1.807) is 30.3 Å². The third kappa shape index (κ3) is 4.61. The van der Waals surface area contributed by atoms with Crippen LogP contribution in [0.25, 0.3) is 0 Å². The fraction of sp³-hybridized carbons (Fsp3) is 0.333. The molecule has 25 heavy (non-hydrogen) atoms. The van der Waals surface area contributed by atoms with Crippen LogP contribution in [0, 0.1) is 0 Å². The van der Waals surface area contributed by atoms with E-state index < -0.39 is 0 Å². The van der Waals surface area contributed by atoms with Crippen molar-refractivity contribution in [3.05, 3.63) is 47.1 Å². The largest absolute Gasteiger partial charge is 0.495 e. The predicted octanol–water partition coefficient (Wildman–Crippen LogP) is 3.59. The summed E-state index contributed by atoms with van der Waals surface area (Å²) in [6, 6.07) is 8.54. The second-order valence-corrected chi connectivity index (χ2v) is 6.18. The van der Waals surface area contributed by atoms with Crippen LogP contribution in [0.15, 0.2) is 36.5 Å². The Kier molecular flexibility index (Phi) is 5.73. The molecule has 1 aliphatic rings. The molecule has 0 spiro atoms. The van der Waals surface area contributed by atoms with Gasteiger partial charge >= 0.3 is 0 Å². The number of halogens is 1. The molecule has 2 heterocycles. The highest BCUT2D eigenvalue weighted by molar-refractivity contribution is 6.31. The monoisotopic (exact) mass is 361 g/mol. The molecular formula is C18H20ClN3O3. The van der Waals surface area contributed by atoms with Gasteiger partial charge in [-0.15, -0.1) is 0 Å². The lowest BCUT2D eigenvalue weighted by molar-refractivity contribution is 0.102. The Labute approximate surface area is 151 Å². The minimum atomic E-state index is -0.279. The zero-order valence-electron chi connectivity index (χ0n) is 13.9. The van der Waals surface area contributed by atoms with Crippen LogP contribution in [0.2, 0.25) is 5.02 Å². The number of amides is 1. The number of carbonyl (C=O) groups excluding carboxylic acids is 1. The summed E-state index contributed by atoms with van der Waals surface area (Å²) in [5, 5.41) is 6.53. The van der Waals surface area contributed by atoms with Crippen LogP contribution in [0.1, 0.15) is 23.2 Å². The van der Waals surface area contributed by atoms with Gasteiger partial charge in [-0.2, -0.15) is 0 Å². The lowest BCUT2D eigenvalue weighted by atomic mass is 10.2. The van der Waals surface area contributed by atoms with Crippen molar-refractivity contribution in [1.82, 2.24) is 4.98 Å². The van der Waals surface area contributed by atoms with Gasteiger partial charge < -0.3 is 20.1 Å². The smallest absolute Gasteiger partial charge is 0.257 e. The van der Waals surface area contributed by atoms with Crippen LogP contribution >= 0.6 is 11.6 Å². The lowest BCUT2D eigenvalue weighted by Crippen LogP contribution is -2.19. The summed E-state index contributed by atoms with van der Waals surface area (Å²) in [6.07, 6.45) is 3.94. The Hall–Kier alpha value is -2.31. The first kappa shape index (κ1) is 17.5. The van der Waals surface area contributed by atoms with Gasteiger partial charge in [0.05, 0.1) is 24.5 Å². The predicted molar refractivity (Wildman–Crippen MR) is 97.7 cm³/mol. The molecule has 2 N–H and O–H groups in total. The number of pyridine rings is 1. The van der Waals surface area contributed by atoms with Crippen molar-refractivity contribution in [3.63, 3.8) is 0 Å². The van der Waals surface area contributed by atoms with Crippen molar-refractivity contribution in [1.29, 1.82) is 0 Å². The molecule has 0 aliphatic carbocycles. The minimum Gasteiger partial charge on any atom is -0.495 e. The molecular weight excluding hydrogens is 342 g/mol. The van der Waals surface area contributed by atoms with Crippen molar-refractivity contribution in [2.75, 3.05) is 30.9 Å². The van der Waals surface area contributed by atoms with Gasteiger partial charge in [-0.05, 0) is 43.2 Å². The van der Waals surface area contributed by atoms with Gasteiger partial charge in [0.1, 0.15) is 11.6 Å². The van der Waals surface area contributed by atoms with Crippen molar-refractivity contribution in [2.45, 2.75) is 18.9 Å². The van der Waals surface area contributed by atoms with Crippen molar-refractivity contribution in [3.8, 4) is 5.75 Å². The normalized spacial score (nSPS) is 16.5. The molecule has 0 bridgehead atoms. The molecule has 1 saturated heterocycles. The van der Waals surface area contributed by atoms with E-state index in [9.17, 15) is 4.79 Å². The summed E-state index contributed by atoms with van der Waals surface area (Å²) in [6.45, 7) is 1.55. The number of aromatic nitrogens is 1. The van der Waals surface area contributed by atoms with E-state index in [2.05, 4.69) is 15.6 Å². The third-order valence-corrected chi connectivity index (χ3v) is 4.21. The fourth-order valence-electron chi connectivity index (χ4n) is 2.63. The van der Waals surface area contributed by atoms with Gasteiger partial charge in [0.15, 0.2) is 0 Å². The van der Waals surface area contributed by atoms with Crippen LogP contribution in [0.3, 0.4) is 0 Å². The first-order valence-corrected chi connectivity index (χ1v) is 8.50. The molecule has 6 nitrogen and oxygen atoms in total. The molecule has 132 valence electrons. The topological polar surface area (TPSA) is 72.5 Å². The van der Waals surface area contributed by atoms with Crippen LogP contribution in [0.4, 0.5) is 11.5 Å². The van der Waals surface area contributed by atoms with Crippen LogP contribution in [-0.4, -0.2) is 37.3 Å². The first-order valence-electron chi connectivity index (χ1n) is 8.12. The van der Waals surface area contributed by atoms with Crippen molar-refractivity contribution < 1.29 is 14.3 Å². The standard InChI is InChI=1S/C18H20ClN3O3/c1-24-16-6-5-13(19)9-15(16)22-18(23)12-4-7-17(20-10-12)21-11-14-3-2-8-25-14/h4-7,9-10,14H,2-3,8,11H2,1H3,(H,20,21)(H,22,23). The summed E-state index contributed by atoms with van der Waals surface area (Å²) in [5.74, 6) is 0.978. The Morgan fingerprint density at radius 3 is 2.96 bits per heavy atom. The number of methoxy groups -OCH3 is 1. The second kappa shape index (κ2) is 8.18. The average Bonchev–Trinajstić information content (AvgIpc) is 3.14. The Bertz CT molecular complexity index is 731. The van der Waals surface area contributed by atoms with E-state index in [1.165, 1.54) is 13.3 Å². The Morgan fingerprint density at radius 2 is 2.28 bits per heavy atom. The molecule has 0 radical (unpaired) electrons. The van der Waals surface area contributed by atoms with Gasteiger partial charge in [-0.3, -0.25) is 4.79 Å². The van der Waals surface area contributed by atoms with Gasteiger partial charge in [0.25, 0.3) is 5.91 Å². The van der Waals surface area contributed by atoms with E-state index in [0.717, 1.165) is 26.0 Å². The number of hydrogen-bond acceptors (Lipinski definition) is 5.